The van der Waals surface area contributed by atoms with Crippen molar-refractivity contribution in [2.75, 3.05) is 33.2 Å². The lowest BCUT2D eigenvalue weighted by atomic mass is 10.1. The summed E-state index contributed by atoms with van der Waals surface area (Å²) in [6.07, 6.45) is 1.42. The molecular weight excluding hydrogens is 432 g/mol. The van der Waals surface area contributed by atoms with Crippen molar-refractivity contribution in [3.05, 3.63) is 0 Å². The van der Waals surface area contributed by atoms with Crippen LogP contribution < -0.4 is 10.6 Å². The lowest BCUT2D eigenvalue weighted by Gasteiger charge is -2.20. The Morgan fingerprint density at radius 1 is 1.33 bits per heavy atom. The summed E-state index contributed by atoms with van der Waals surface area (Å²) in [5.41, 5.74) is 0. The fraction of sp³-hybridized carbons (Fsp3) is 0.938. The van der Waals surface area contributed by atoms with E-state index in [0.717, 1.165) is 18.8 Å². The molecule has 1 aliphatic rings. The van der Waals surface area contributed by atoms with Gasteiger partial charge in [-0.15, -0.1) is 24.0 Å². The zero-order chi connectivity index (χ0) is 17.3. The molecule has 24 heavy (non-hydrogen) atoms. The average Bonchev–Trinajstić information content (AvgIpc) is 2.89. The summed E-state index contributed by atoms with van der Waals surface area (Å²) in [5, 5.41) is 6.59. The van der Waals surface area contributed by atoms with Gasteiger partial charge in [0.2, 0.25) is 0 Å². The van der Waals surface area contributed by atoms with E-state index in [1.807, 2.05) is 0 Å². The Kier molecular flexibility index (Phi) is 12.0. The van der Waals surface area contributed by atoms with E-state index in [9.17, 15) is 13.2 Å². The Bertz CT molecular complexity index is 364. The van der Waals surface area contributed by atoms with Gasteiger partial charge in [-0.25, -0.2) is 0 Å². The number of aliphatic imine (C=N–C) groups is 1. The van der Waals surface area contributed by atoms with Gasteiger partial charge in [-0.2, -0.15) is 13.2 Å². The van der Waals surface area contributed by atoms with Gasteiger partial charge in [0, 0.05) is 26.2 Å². The average molecular weight is 464 g/mol. The molecule has 1 rings (SSSR count). The lowest BCUT2D eigenvalue weighted by molar-refractivity contribution is -0.143. The molecule has 1 fully saturated rings. The molecule has 0 saturated carbocycles. The van der Waals surface area contributed by atoms with E-state index in [-0.39, 0.29) is 29.9 Å². The molecule has 0 aromatic heterocycles. The number of likely N-dealkylation sites (tertiary alicyclic amines) is 1. The Labute approximate surface area is 161 Å². The summed E-state index contributed by atoms with van der Waals surface area (Å²) in [7, 11) is 1.72. The zero-order valence-corrected chi connectivity index (χ0v) is 17.3. The van der Waals surface area contributed by atoms with E-state index in [4.69, 9.17) is 0 Å². The van der Waals surface area contributed by atoms with Crippen LogP contribution >= 0.6 is 24.0 Å². The first-order valence-electron chi connectivity index (χ1n) is 8.60. The first-order chi connectivity index (χ1) is 10.8. The van der Waals surface area contributed by atoms with Crippen LogP contribution in [0, 0.1) is 5.92 Å². The summed E-state index contributed by atoms with van der Waals surface area (Å²) < 4.78 is 37.2. The zero-order valence-electron chi connectivity index (χ0n) is 15.0. The highest BCUT2D eigenvalue weighted by atomic mass is 127. The van der Waals surface area contributed by atoms with E-state index in [0.29, 0.717) is 25.7 Å². The van der Waals surface area contributed by atoms with Crippen molar-refractivity contribution in [3.63, 3.8) is 0 Å². The third-order valence-corrected chi connectivity index (χ3v) is 4.18. The Morgan fingerprint density at radius 2 is 2.04 bits per heavy atom. The fourth-order valence-corrected chi connectivity index (χ4v) is 2.92. The first-order valence-corrected chi connectivity index (χ1v) is 8.60. The molecule has 1 saturated heterocycles. The third-order valence-electron chi connectivity index (χ3n) is 4.18. The first kappa shape index (κ1) is 23.8. The van der Waals surface area contributed by atoms with Crippen LogP contribution in [0.4, 0.5) is 13.2 Å². The Balaban J connectivity index is 0.00000529. The van der Waals surface area contributed by atoms with E-state index >= 15 is 0 Å². The molecule has 0 aliphatic carbocycles. The smallest absolute Gasteiger partial charge is 0.356 e. The number of guanidine groups is 1. The van der Waals surface area contributed by atoms with Gasteiger partial charge < -0.3 is 10.6 Å². The number of nitrogens with zero attached hydrogens (tertiary/aromatic N) is 2. The monoisotopic (exact) mass is 464 g/mol. The molecule has 4 nitrogen and oxygen atoms in total. The summed E-state index contributed by atoms with van der Waals surface area (Å²) >= 11 is 0. The van der Waals surface area contributed by atoms with Gasteiger partial charge in [-0.1, -0.05) is 26.2 Å². The number of hydrogen-bond acceptors (Lipinski definition) is 2. The molecule has 0 radical (unpaired) electrons. The van der Waals surface area contributed by atoms with Gasteiger partial charge in [-0.3, -0.25) is 9.89 Å². The minimum atomic E-state index is -4.10. The standard InChI is InChI=1S/C16H31F3N4.HI/c1-4-5-6-7-13(2)22-15(20-3)21-10-14-8-9-23(11-14)12-16(17,18)19;/h13-14H,4-12H2,1-3H3,(H2,20,21,22);1H. The summed E-state index contributed by atoms with van der Waals surface area (Å²) in [6.45, 7) is 5.19. The van der Waals surface area contributed by atoms with Crippen LogP contribution in [-0.4, -0.2) is 56.3 Å². The number of alkyl halides is 3. The maximum absolute atomic E-state index is 12.4. The number of unbranched alkanes of at least 4 members (excludes halogenated alkanes) is 2. The number of nitrogens with one attached hydrogen (secondary N) is 2. The molecule has 144 valence electrons. The molecule has 0 bridgehead atoms. The van der Waals surface area contributed by atoms with Gasteiger partial charge in [0.1, 0.15) is 0 Å². The van der Waals surface area contributed by atoms with Gasteiger partial charge >= 0.3 is 6.18 Å². The minimum absolute atomic E-state index is 0. The largest absolute Gasteiger partial charge is 0.401 e. The van der Waals surface area contributed by atoms with Crippen molar-refractivity contribution in [2.45, 2.75) is 58.2 Å². The summed E-state index contributed by atoms with van der Waals surface area (Å²) in [4.78, 5) is 5.68. The molecule has 2 unspecified atom stereocenters. The van der Waals surface area contributed by atoms with Crippen LogP contribution in [0.1, 0.15) is 46.0 Å². The Hall–Kier alpha value is -0.250. The van der Waals surface area contributed by atoms with Crippen molar-refractivity contribution in [1.82, 2.24) is 15.5 Å². The molecule has 0 aromatic rings. The van der Waals surface area contributed by atoms with Gasteiger partial charge in [0.05, 0.1) is 6.54 Å². The van der Waals surface area contributed by atoms with Gasteiger partial charge in [0.25, 0.3) is 0 Å². The van der Waals surface area contributed by atoms with Crippen molar-refractivity contribution < 1.29 is 13.2 Å². The number of halogens is 4. The second kappa shape index (κ2) is 12.2. The molecule has 8 heteroatoms. The fourth-order valence-electron chi connectivity index (χ4n) is 2.92. The van der Waals surface area contributed by atoms with Crippen molar-refractivity contribution in [2.24, 2.45) is 10.9 Å². The van der Waals surface area contributed by atoms with E-state index < -0.39 is 12.7 Å². The van der Waals surface area contributed by atoms with Crippen molar-refractivity contribution in [1.29, 1.82) is 0 Å². The summed E-state index contributed by atoms with van der Waals surface area (Å²) in [5.74, 6) is 0.981. The maximum atomic E-state index is 12.4. The van der Waals surface area contributed by atoms with Crippen LogP contribution in [0.15, 0.2) is 4.99 Å². The molecule has 2 N–H and O–H groups in total. The van der Waals surface area contributed by atoms with Crippen LogP contribution in [0.5, 0.6) is 0 Å². The molecule has 1 heterocycles. The van der Waals surface area contributed by atoms with E-state index in [1.165, 1.54) is 24.2 Å². The van der Waals surface area contributed by atoms with Crippen molar-refractivity contribution in [3.8, 4) is 0 Å². The second-order valence-electron chi connectivity index (χ2n) is 6.50. The predicted octanol–water partition coefficient (Wildman–Crippen LogP) is 3.62. The van der Waals surface area contributed by atoms with E-state index in [2.05, 4.69) is 29.5 Å². The lowest BCUT2D eigenvalue weighted by Crippen LogP contribution is -2.44. The highest BCUT2D eigenvalue weighted by molar-refractivity contribution is 14.0. The SMILES string of the molecule is CCCCCC(C)NC(=NC)NCC1CCN(CC(F)(F)F)C1.I. The third kappa shape index (κ3) is 10.6. The normalized spacial score (nSPS) is 20.6. The highest BCUT2D eigenvalue weighted by Crippen LogP contribution is 2.22. The van der Waals surface area contributed by atoms with Crippen LogP contribution in [0.25, 0.3) is 0 Å². The quantitative estimate of drug-likeness (QED) is 0.250. The topological polar surface area (TPSA) is 39.7 Å². The molecule has 0 amide bonds. The number of hydrogen-bond donors (Lipinski definition) is 2. The van der Waals surface area contributed by atoms with Crippen LogP contribution in [0.3, 0.4) is 0 Å². The van der Waals surface area contributed by atoms with Crippen LogP contribution in [-0.2, 0) is 0 Å². The highest BCUT2D eigenvalue weighted by Gasteiger charge is 2.34. The predicted molar refractivity (Wildman–Crippen MR) is 104 cm³/mol. The maximum Gasteiger partial charge on any atom is 0.401 e. The van der Waals surface area contributed by atoms with Crippen molar-refractivity contribution >= 4 is 29.9 Å². The molecule has 0 spiro atoms. The summed E-state index contributed by atoms with van der Waals surface area (Å²) in [6, 6.07) is 0.345. The van der Waals surface area contributed by atoms with E-state index in [1.54, 1.807) is 7.05 Å². The number of rotatable bonds is 8. The Morgan fingerprint density at radius 3 is 2.62 bits per heavy atom. The second-order valence-corrected chi connectivity index (χ2v) is 6.50. The van der Waals surface area contributed by atoms with Gasteiger partial charge in [-0.05, 0) is 32.2 Å². The minimum Gasteiger partial charge on any atom is -0.356 e. The van der Waals surface area contributed by atoms with Gasteiger partial charge in [0.15, 0.2) is 5.96 Å². The molecule has 2 atom stereocenters. The molecule has 1 aliphatic heterocycles. The van der Waals surface area contributed by atoms with Crippen LogP contribution in [0.2, 0.25) is 0 Å². The molecule has 0 aromatic carbocycles. The molecular formula is C16H32F3IN4.